The second-order valence-electron chi connectivity index (χ2n) is 8.30. The first-order chi connectivity index (χ1) is 14.8. The molecule has 0 saturated carbocycles. The molecule has 168 valence electrons. The van der Waals surface area contributed by atoms with Gasteiger partial charge in [-0.2, -0.15) is 13.2 Å². The molecule has 3 heterocycles. The van der Waals surface area contributed by atoms with E-state index in [-0.39, 0.29) is 16.7 Å². The second kappa shape index (κ2) is 9.26. The van der Waals surface area contributed by atoms with Gasteiger partial charge in [-0.15, -0.1) is 0 Å². The summed E-state index contributed by atoms with van der Waals surface area (Å²) in [5.74, 6) is 0. The Bertz CT molecular complexity index is 868. The summed E-state index contributed by atoms with van der Waals surface area (Å²) in [5.41, 5.74) is -0.832. The summed E-state index contributed by atoms with van der Waals surface area (Å²) < 4.78 is 37.7. The highest BCUT2D eigenvalue weighted by atomic mass is 32.2. The lowest BCUT2D eigenvalue weighted by Crippen LogP contribution is -2.45. The van der Waals surface area contributed by atoms with Gasteiger partial charge in [0.2, 0.25) is 0 Å². The van der Waals surface area contributed by atoms with Crippen molar-refractivity contribution in [2.24, 2.45) is 0 Å². The zero-order valence-electron chi connectivity index (χ0n) is 17.8. The Morgan fingerprint density at radius 1 is 1.03 bits per heavy atom. The van der Waals surface area contributed by atoms with Crippen molar-refractivity contribution in [3.63, 3.8) is 0 Å². The van der Waals surface area contributed by atoms with Gasteiger partial charge in [-0.25, -0.2) is 0 Å². The van der Waals surface area contributed by atoms with E-state index in [1.807, 2.05) is 12.4 Å². The van der Waals surface area contributed by atoms with Crippen LogP contribution in [0.1, 0.15) is 12.5 Å². The zero-order valence-corrected chi connectivity index (χ0v) is 18.7. The molecule has 1 aromatic carbocycles. The number of benzene rings is 1. The molecule has 0 spiro atoms. The van der Waals surface area contributed by atoms with Crippen molar-refractivity contribution >= 4 is 23.1 Å². The van der Waals surface area contributed by atoms with Crippen LogP contribution in [-0.2, 0) is 6.54 Å². The Balaban J connectivity index is 1.42. The standard InChI is InChI=1S/C22H28F3N5S/c1-17-14-30(19-3-5-20(6-4-19)31-22(23,24)25)16-29(17)15-18-7-8-26-13-21(18)28-11-9-27(2)10-12-28/h3-8,13,17H,9-12,14-16H2,1-2H3. The van der Waals surface area contributed by atoms with Crippen LogP contribution in [0.3, 0.4) is 0 Å². The smallest absolute Gasteiger partial charge is 0.367 e. The summed E-state index contributed by atoms with van der Waals surface area (Å²) in [6, 6.07) is 9.12. The molecule has 1 atom stereocenters. The van der Waals surface area contributed by atoms with E-state index in [9.17, 15) is 13.2 Å². The summed E-state index contributed by atoms with van der Waals surface area (Å²) in [4.78, 5) is 14.0. The van der Waals surface area contributed by atoms with Gasteiger partial charge in [0.25, 0.3) is 0 Å². The summed E-state index contributed by atoms with van der Waals surface area (Å²) >= 11 is -0.0724. The topological polar surface area (TPSA) is 25.9 Å². The quantitative estimate of drug-likeness (QED) is 0.635. The minimum atomic E-state index is -4.26. The average molecular weight is 452 g/mol. The predicted molar refractivity (Wildman–Crippen MR) is 120 cm³/mol. The Morgan fingerprint density at radius 3 is 2.42 bits per heavy atom. The van der Waals surface area contributed by atoms with Crippen molar-refractivity contribution in [1.29, 1.82) is 0 Å². The number of piperazine rings is 1. The number of hydrogen-bond acceptors (Lipinski definition) is 6. The van der Waals surface area contributed by atoms with E-state index in [1.165, 1.54) is 11.3 Å². The number of nitrogens with zero attached hydrogens (tertiary/aromatic N) is 5. The SMILES string of the molecule is CC1CN(c2ccc(SC(F)(F)F)cc2)CN1Cc1ccncc1N1CCN(C)CC1. The maximum Gasteiger partial charge on any atom is 0.446 e. The molecule has 4 rings (SSSR count). The fourth-order valence-corrected chi connectivity index (χ4v) is 4.74. The van der Waals surface area contributed by atoms with E-state index in [1.54, 1.807) is 24.3 Å². The minimum Gasteiger partial charge on any atom is -0.367 e. The van der Waals surface area contributed by atoms with Crippen LogP contribution >= 0.6 is 11.8 Å². The third kappa shape index (κ3) is 5.64. The van der Waals surface area contributed by atoms with Crippen LogP contribution in [0.5, 0.6) is 0 Å². The van der Waals surface area contributed by atoms with Gasteiger partial charge in [-0.1, -0.05) is 0 Å². The van der Waals surface area contributed by atoms with Crippen LogP contribution in [0.2, 0.25) is 0 Å². The predicted octanol–water partition coefficient (Wildman–Crippen LogP) is 4.11. The normalized spacial score (nSPS) is 21.1. The maximum atomic E-state index is 12.6. The Labute approximate surface area is 185 Å². The first-order valence-corrected chi connectivity index (χ1v) is 11.3. The molecule has 9 heteroatoms. The van der Waals surface area contributed by atoms with Crippen molar-refractivity contribution in [3.8, 4) is 0 Å². The van der Waals surface area contributed by atoms with Crippen LogP contribution in [-0.4, -0.2) is 72.8 Å². The fourth-order valence-electron chi connectivity index (χ4n) is 4.20. The number of hydrogen-bond donors (Lipinski definition) is 0. The summed E-state index contributed by atoms with van der Waals surface area (Å²) in [6.45, 7) is 8.71. The molecule has 1 aromatic heterocycles. The molecule has 2 aliphatic heterocycles. The third-order valence-electron chi connectivity index (χ3n) is 6.00. The van der Waals surface area contributed by atoms with E-state index in [0.29, 0.717) is 6.04 Å². The molecule has 2 aromatic rings. The number of pyridine rings is 1. The highest BCUT2D eigenvalue weighted by Crippen LogP contribution is 2.37. The van der Waals surface area contributed by atoms with Crippen molar-refractivity contribution in [2.75, 3.05) is 56.2 Å². The minimum absolute atomic E-state index is 0.0724. The highest BCUT2D eigenvalue weighted by molar-refractivity contribution is 8.00. The van der Waals surface area contributed by atoms with Gasteiger partial charge in [-0.3, -0.25) is 9.88 Å². The number of anilines is 2. The number of likely N-dealkylation sites (N-methyl/N-ethyl adjacent to an activating group) is 1. The molecule has 0 amide bonds. The van der Waals surface area contributed by atoms with E-state index < -0.39 is 5.51 Å². The van der Waals surface area contributed by atoms with Crippen molar-refractivity contribution < 1.29 is 13.2 Å². The lowest BCUT2D eigenvalue weighted by Gasteiger charge is -2.35. The molecule has 31 heavy (non-hydrogen) atoms. The van der Waals surface area contributed by atoms with Gasteiger partial charge in [0, 0.05) is 62.1 Å². The molecular formula is C22H28F3N5S. The number of rotatable bonds is 5. The van der Waals surface area contributed by atoms with Gasteiger partial charge < -0.3 is 14.7 Å². The first kappa shape index (κ1) is 22.2. The lowest BCUT2D eigenvalue weighted by atomic mass is 10.1. The van der Waals surface area contributed by atoms with Crippen molar-refractivity contribution in [3.05, 3.63) is 48.3 Å². The molecule has 0 bridgehead atoms. The molecule has 0 radical (unpaired) electrons. The molecule has 1 unspecified atom stereocenters. The molecule has 5 nitrogen and oxygen atoms in total. The first-order valence-electron chi connectivity index (χ1n) is 10.5. The van der Waals surface area contributed by atoms with Crippen molar-refractivity contribution in [1.82, 2.24) is 14.8 Å². The Hall–Kier alpha value is -1.97. The van der Waals surface area contributed by atoms with E-state index >= 15 is 0 Å². The molecular weight excluding hydrogens is 423 g/mol. The summed E-state index contributed by atoms with van der Waals surface area (Å²) in [5, 5.41) is 0. The van der Waals surface area contributed by atoms with E-state index in [2.05, 4.69) is 44.6 Å². The number of aromatic nitrogens is 1. The number of alkyl halides is 3. The molecule has 0 N–H and O–H groups in total. The lowest BCUT2D eigenvalue weighted by molar-refractivity contribution is -0.0328. The van der Waals surface area contributed by atoms with E-state index in [0.717, 1.165) is 51.6 Å². The molecule has 2 aliphatic rings. The molecule has 0 aliphatic carbocycles. The van der Waals surface area contributed by atoms with Crippen LogP contribution < -0.4 is 9.80 Å². The largest absolute Gasteiger partial charge is 0.446 e. The molecule has 2 saturated heterocycles. The van der Waals surface area contributed by atoms with Gasteiger partial charge in [0.05, 0.1) is 18.6 Å². The Kier molecular flexibility index (Phi) is 6.64. The van der Waals surface area contributed by atoms with Crippen LogP contribution in [0, 0.1) is 0 Å². The fraction of sp³-hybridized carbons (Fsp3) is 0.500. The third-order valence-corrected chi connectivity index (χ3v) is 6.74. The van der Waals surface area contributed by atoms with Gasteiger partial charge in [-0.05, 0) is 61.6 Å². The molecule has 2 fully saturated rings. The second-order valence-corrected chi connectivity index (χ2v) is 9.43. The Morgan fingerprint density at radius 2 is 1.74 bits per heavy atom. The summed E-state index contributed by atoms with van der Waals surface area (Å²) in [6.07, 6.45) is 3.82. The van der Waals surface area contributed by atoms with Crippen LogP contribution in [0.25, 0.3) is 0 Å². The monoisotopic (exact) mass is 451 g/mol. The van der Waals surface area contributed by atoms with Gasteiger partial charge in [0.15, 0.2) is 0 Å². The van der Waals surface area contributed by atoms with Crippen molar-refractivity contribution in [2.45, 2.75) is 29.9 Å². The van der Waals surface area contributed by atoms with Gasteiger partial charge >= 0.3 is 5.51 Å². The average Bonchev–Trinajstić information content (AvgIpc) is 3.09. The van der Waals surface area contributed by atoms with Gasteiger partial charge in [0.1, 0.15) is 0 Å². The van der Waals surface area contributed by atoms with Crippen LogP contribution in [0.15, 0.2) is 47.6 Å². The zero-order chi connectivity index (χ0) is 22.0. The summed E-state index contributed by atoms with van der Waals surface area (Å²) in [7, 11) is 2.15. The maximum absolute atomic E-state index is 12.6. The van der Waals surface area contributed by atoms with Crippen LogP contribution in [0.4, 0.5) is 24.5 Å². The highest BCUT2D eigenvalue weighted by Gasteiger charge is 2.30. The number of thioether (sulfide) groups is 1. The van der Waals surface area contributed by atoms with E-state index in [4.69, 9.17) is 0 Å². The number of halogens is 3.